The van der Waals surface area contributed by atoms with Crippen LogP contribution in [0.4, 0.5) is 15.8 Å². The van der Waals surface area contributed by atoms with Crippen LogP contribution in [-0.2, 0) is 9.59 Å². The minimum atomic E-state index is -0.343. The third-order valence-electron chi connectivity index (χ3n) is 2.95. The van der Waals surface area contributed by atoms with Crippen LogP contribution in [0.3, 0.4) is 0 Å². The number of nitrogens with one attached hydrogen (secondary N) is 2. The second-order valence-corrected chi connectivity index (χ2v) is 6.38. The largest absolute Gasteiger partial charge is 0.326 e. The van der Waals surface area contributed by atoms with E-state index >= 15 is 0 Å². The van der Waals surface area contributed by atoms with Crippen molar-refractivity contribution in [2.24, 2.45) is 0 Å². The number of anilines is 2. The van der Waals surface area contributed by atoms with Gasteiger partial charge in [-0.1, -0.05) is 6.07 Å². The standard InChI is InChI=1S/C17H17FN2O2S/c1-11(23-16-8-6-13(18)7-9-16)17(22)20-15-5-3-4-14(10-15)19-12(2)21/h3-11H,1-2H3,(H,19,21)(H,20,22). The van der Waals surface area contributed by atoms with Crippen molar-refractivity contribution >= 4 is 35.0 Å². The Bertz CT molecular complexity index is 704. The molecule has 2 rings (SSSR count). The lowest BCUT2D eigenvalue weighted by Crippen LogP contribution is -2.22. The fraction of sp³-hybridized carbons (Fsp3) is 0.176. The van der Waals surface area contributed by atoms with Gasteiger partial charge in [-0.3, -0.25) is 9.59 Å². The third kappa shape index (κ3) is 5.41. The van der Waals surface area contributed by atoms with Crippen LogP contribution < -0.4 is 10.6 Å². The Hall–Kier alpha value is -2.34. The molecule has 0 fully saturated rings. The molecule has 6 heteroatoms. The number of halogens is 1. The highest BCUT2D eigenvalue weighted by Gasteiger charge is 2.14. The molecule has 0 radical (unpaired) electrons. The molecule has 2 aromatic rings. The van der Waals surface area contributed by atoms with Crippen LogP contribution in [-0.4, -0.2) is 17.1 Å². The van der Waals surface area contributed by atoms with Crippen LogP contribution in [0.15, 0.2) is 53.4 Å². The first-order chi connectivity index (χ1) is 10.9. The molecule has 2 amide bonds. The molecule has 0 saturated heterocycles. The van der Waals surface area contributed by atoms with Gasteiger partial charge >= 0.3 is 0 Å². The number of amides is 2. The summed E-state index contributed by atoms with van der Waals surface area (Å²) in [6, 6.07) is 12.9. The van der Waals surface area contributed by atoms with Crippen molar-refractivity contribution in [3.63, 3.8) is 0 Å². The van der Waals surface area contributed by atoms with Crippen molar-refractivity contribution in [2.75, 3.05) is 10.6 Å². The fourth-order valence-electron chi connectivity index (χ4n) is 1.89. The average Bonchev–Trinajstić information content (AvgIpc) is 2.49. The number of thioether (sulfide) groups is 1. The van der Waals surface area contributed by atoms with Gasteiger partial charge in [0.25, 0.3) is 0 Å². The molecule has 23 heavy (non-hydrogen) atoms. The molecule has 120 valence electrons. The van der Waals surface area contributed by atoms with Crippen molar-refractivity contribution in [1.29, 1.82) is 0 Å². The second kappa shape index (κ2) is 7.78. The highest BCUT2D eigenvalue weighted by Crippen LogP contribution is 2.24. The van der Waals surface area contributed by atoms with Gasteiger partial charge in [0, 0.05) is 23.2 Å². The van der Waals surface area contributed by atoms with Crippen molar-refractivity contribution in [2.45, 2.75) is 24.0 Å². The molecule has 0 aliphatic rings. The number of hydrogen-bond acceptors (Lipinski definition) is 3. The van der Waals surface area contributed by atoms with Gasteiger partial charge in [-0.15, -0.1) is 11.8 Å². The smallest absolute Gasteiger partial charge is 0.237 e. The summed E-state index contributed by atoms with van der Waals surface area (Å²) >= 11 is 1.35. The molecule has 0 aromatic heterocycles. The number of carbonyl (C=O) groups is 2. The van der Waals surface area contributed by atoms with Gasteiger partial charge in [-0.25, -0.2) is 4.39 Å². The molecule has 2 N–H and O–H groups in total. The van der Waals surface area contributed by atoms with Crippen LogP contribution >= 0.6 is 11.8 Å². The monoisotopic (exact) mass is 332 g/mol. The Kier molecular flexibility index (Phi) is 5.76. The maximum atomic E-state index is 12.9. The molecule has 0 spiro atoms. The van der Waals surface area contributed by atoms with Gasteiger partial charge in [-0.05, 0) is 49.4 Å². The lowest BCUT2D eigenvalue weighted by molar-refractivity contribution is -0.115. The van der Waals surface area contributed by atoms with E-state index in [1.54, 1.807) is 43.3 Å². The van der Waals surface area contributed by atoms with Crippen LogP contribution in [0.25, 0.3) is 0 Å². The van der Waals surface area contributed by atoms with Crippen molar-refractivity contribution in [1.82, 2.24) is 0 Å². The summed E-state index contributed by atoms with van der Waals surface area (Å²) in [7, 11) is 0. The van der Waals surface area contributed by atoms with E-state index in [0.29, 0.717) is 11.4 Å². The van der Waals surface area contributed by atoms with Gasteiger partial charge in [-0.2, -0.15) is 0 Å². The molecule has 0 aliphatic carbocycles. The predicted octanol–water partition coefficient (Wildman–Crippen LogP) is 3.90. The average molecular weight is 332 g/mol. The van der Waals surface area contributed by atoms with E-state index in [0.717, 1.165) is 4.90 Å². The molecule has 2 aromatic carbocycles. The Labute approximate surface area is 138 Å². The number of hydrogen-bond donors (Lipinski definition) is 2. The molecular weight excluding hydrogens is 315 g/mol. The summed E-state index contributed by atoms with van der Waals surface area (Å²) in [6.07, 6.45) is 0. The molecule has 0 saturated carbocycles. The summed E-state index contributed by atoms with van der Waals surface area (Å²) in [6.45, 7) is 3.20. The molecule has 0 heterocycles. The van der Waals surface area contributed by atoms with Crippen LogP contribution in [0.1, 0.15) is 13.8 Å². The summed E-state index contributed by atoms with van der Waals surface area (Å²) in [5.41, 5.74) is 1.22. The van der Waals surface area contributed by atoms with E-state index in [9.17, 15) is 14.0 Å². The van der Waals surface area contributed by atoms with Crippen LogP contribution in [0.5, 0.6) is 0 Å². The minimum Gasteiger partial charge on any atom is -0.326 e. The predicted molar refractivity (Wildman–Crippen MR) is 91.1 cm³/mol. The van der Waals surface area contributed by atoms with Gasteiger partial charge in [0.05, 0.1) is 5.25 Å². The number of rotatable bonds is 5. The lowest BCUT2D eigenvalue weighted by atomic mass is 10.2. The Balaban J connectivity index is 1.97. The first-order valence-electron chi connectivity index (χ1n) is 7.05. The zero-order valence-electron chi connectivity index (χ0n) is 12.8. The summed E-state index contributed by atoms with van der Waals surface area (Å²) in [5, 5.41) is 5.12. The van der Waals surface area contributed by atoms with Crippen LogP contribution in [0, 0.1) is 5.82 Å². The van der Waals surface area contributed by atoms with Crippen molar-refractivity contribution in [3.8, 4) is 0 Å². The Morgan fingerprint density at radius 2 is 1.65 bits per heavy atom. The maximum Gasteiger partial charge on any atom is 0.237 e. The zero-order valence-corrected chi connectivity index (χ0v) is 13.6. The molecule has 1 atom stereocenters. The molecule has 1 unspecified atom stereocenters. The first kappa shape index (κ1) is 17.0. The molecule has 0 bridgehead atoms. The van der Waals surface area contributed by atoms with Gasteiger partial charge in [0.2, 0.25) is 11.8 Å². The van der Waals surface area contributed by atoms with E-state index in [-0.39, 0.29) is 22.9 Å². The molecule has 0 aliphatic heterocycles. The highest BCUT2D eigenvalue weighted by atomic mass is 32.2. The zero-order chi connectivity index (χ0) is 16.8. The van der Waals surface area contributed by atoms with E-state index < -0.39 is 0 Å². The molecular formula is C17H17FN2O2S. The third-order valence-corrected chi connectivity index (χ3v) is 4.06. The SMILES string of the molecule is CC(=O)Nc1cccc(NC(=O)C(C)Sc2ccc(F)cc2)c1. The fourth-order valence-corrected chi connectivity index (χ4v) is 2.76. The van der Waals surface area contributed by atoms with Crippen LogP contribution in [0.2, 0.25) is 0 Å². The Morgan fingerprint density at radius 3 is 2.26 bits per heavy atom. The summed E-state index contributed by atoms with van der Waals surface area (Å²) in [5.74, 6) is -0.644. The minimum absolute atomic E-state index is 0.167. The van der Waals surface area contributed by atoms with Crippen molar-refractivity contribution < 1.29 is 14.0 Å². The summed E-state index contributed by atoms with van der Waals surface area (Å²) in [4.78, 5) is 24.1. The van der Waals surface area contributed by atoms with E-state index in [4.69, 9.17) is 0 Å². The van der Waals surface area contributed by atoms with Gasteiger partial charge in [0.1, 0.15) is 5.82 Å². The van der Waals surface area contributed by atoms with E-state index in [1.807, 2.05) is 0 Å². The number of carbonyl (C=O) groups excluding carboxylic acids is 2. The van der Waals surface area contributed by atoms with Gasteiger partial charge in [0.15, 0.2) is 0 Å². The number of benzene rings is 2. The topological polar surface area (TPSA) is 58.2 Å². The van der Waals surface area contributed by atoms with E-state index in [2.05, 4.69) is 10.6 Å². The van der Waals surface area contributed by atoms with E-state index in [1.165, 1.54) is 30.8 Å². The second-order valence-electron chi connectivity index (χ2n) is 4.97. The van der Waals surface area contributed by atoms with Gasteiger partial charge < -0.3 is 10.6 Å². The molecule has 4 nitrogen and oxygen atoms in total. The normalized spacial score (nSPS) is 11.6. The lowest BCUT2D eigenvalue weighted by Gasteiger charge is -2.13. The maximum absolute atomic E-state index is 12.9. The summed E-state index contributed by atoms with van der Waals surface area (Å²) < 4.78 is 12.9. The first-order valence-corrected chi connectivity index (χ1v) is 7.93. The highest BCUT2D eigenvalue weighted by molar-refractivity contribution is 8.00. The van der Waals surface area contributed by atoms with Crippen molar-refractivity contribution in [3.05, 3.63) is 54.3 Å². The Morgan fingerprint density at radius 1 is 1.04 bits per heavy atom. The quantitative estimate of drug-likeness (QED) is 0.816.